The highest BCUT2D eigenvalue weighted by molar-refractivity contribution is 5.81. The lowest BCUT2D eigenvalue weighted by Crippen LogP contribution is -2.40. The van der Waals surface area contributed by atoms with E-state index >= 15 is 0 Å². The third-order valence-corrected chi connectivity index (χ3v) is 1.97. The highest BCUT2D eigenvalue weighted by Crippen LogP contribution is 1.96. The van der Waals surface area contributed by atoms with Crippen molar-refractivity contribution in [2.45, 2.75) is 25.8 Å². The third kappa shape index (κ3) is 3.82. The molecule has 3 N–H and O–H groups in total. The topological polar surface area (TPSA) is 94.0 Å². The van der Waals surface area contributed by atoms with E-state index in [1.54, 1.807) is 13.0 Å². The van der Waals surface area contributed by atoms with Crippen LogP contribution in [0, 0.1) is 6.92 Å². The predicted octanol–water partition coefficient (Wildman–Crippen LogP) is -0.0599. The van der Waals surface area contributed by atoms with Crippen LogP contribution in [-0.4, -0.2) is 28.6 Å². The first-order chi connectivity index (χ1) is 7.63. The Labute approximate surface area is 93.9 Å². The molecule has 0 spiro atoms. The van der Waals surface area contributed by atoms with Crippen molar-refractivity contribution in [1.82, 2.24) is 15.5 Å². The van der Waals surface area contributed by atoms with Gasteiger partial charge >= 0.3 is 0 Å². The van der Waals surface area contributed by atoms with Gasteiger partial charge in [0.25, 0.3) is 0 Å². The maximum atomic E-state index is 11.4. The van der Waals surface area contributed by atoms with E-state index in [4.69, 9.17) is 10.3 Å². The van der Waals surface area contributed by atoms with Gasteiger partial charge in [-0.15, -0.1) is 6.58 Å². The summed E-state index contributed by atoms with van der Waals surface area (Å²) < 4.78 is 4.89. The van der Waals surface area contributed by atoms with Crippen LogP contribution < -0.4 is 11.1 Å². The van der Waals surface area contributed by atoms with Gasteiger partial charge in [-0.3, -0.25) is 4.79 Å². The largest absolute Gasteiger partial charge is 0.354 e. The molecular weight excluding hydrogens is 208 g/mol. The minimum absolute atomic E-state index is 0.198. The molecule has 1 atom stereocenters. The number of nitrogens with zero attached hydrogens (tertiary/aromatic N) is 2. The van der Waals surface area contributed by atoms with Crippen LogP contribution in [-0.2, 0) is 11.2 Å². The van der Waals surface area contributed by atoms with Gasteiger partial charge in [0, 0.05) is 13.0 Å². The number of aromatic nitrogens is 2. The summed E-state index contributed by atoms with van der Waals surface area (Å²) in [5.74, 6) is 0.899. The molecule has 6 heteroatoms. The number of carbonyl (C=O) groups excluding carboxylic acids is 1. The summed E-state index contributed by atoms with van der Waals surface area (Å²) in [7, 11) is 0. The fourth-order valence-electron chi connectivity index (χ4n) is 1.15. The molecule has 0 aliphatic carbocycles. The number of nitrogens with two attached hydrogens (primary N) is 1. The maximum Gasteiger partial charge on any atom is 0.237 e. The number of nitrogens with one attached hydrogen (secondary N) is 1. The Bertz CT molecular complexity index is 361. The smallest absolute Gasteiger partial charge is 0.237 e. The van der Waals surface area contributed by atoms with Gasteiger partial charge in [-0.2, -0.15) is 4.98 Å². The lowest BCUT2D eigenvalue weighted by atomic mass is 10.2. The van der Waals surface area contributed by atoms with Crippen LogP contribution in [0.25, 0.3) is 0 Å². The molecule has 0 aliphatic heterocycles. The first-order valence-corrected chi connectivity index (χ1v) is 5.07. The summed E-state index contributed by atoms with van der Waals surface area (Å²) in [4.78, 5) is 15.4. The van der Waals surface area contributed by atoms with Crippen LogP contribution in [0.3, 0.4) is 0 Å². The van der Waals surface area contributed by atoms with Gasteiger partial charge in [0.15, 0.2) is 5.82 Å². The van der Waals surface area contributed by atoms with E-state index in [9.17, 15) is 4.79 Å². The van der Waals surface area contributed by atoms with E-state index < -0.39 is 6.04 Å². The van der Waals surface area contributed by atoms with Gasteiger partial charge in [0.1, 0.15) is 0 Å². The van der Waals surface area contributed by atoms with Crippen LogP contribution >= 0.6 is 0 Å². The van der Waals surface area contributed by atoms with Gasteiger partial charge in [-0.05, 0) is 13.3 Å². The van der Waals surface area contributed by atoms with E-state index in [0.29, 0.717) is 31.1 Å². The van der Waals surface area contributed by atoms with Gasteiger partial charge in [0.05, 0.1) is 6.04 Å². The summed E-state index contributed by atoms with van der Waals surface area (Å²) in [6, 6.07) is -0.540. The van der Waals surface area contributed by atoms with E-state index in [2.05, 4.69) is 22.0 Å². The molecule has 0 radical (unpaired) electrons. The fourth-order valence-corrected chi connectivity index (χ4v) is 1.15. The summed E-state index contributed by atoms with van der Waals surface area (Å²) >= 11 is 0. The second kappa shape index (κ2) is 6.02. The zero-order chi connectivity index (χ0) is 12.0. The zero-order valence-corrected chi connectivity index (χ0v) is 9.27. The second-order valence-electron chi connectivity index (χ2n) is 3.41. The molecule has 0 aliphatic rings. The van der Waals surface area contributed by atoms with Crippen LogP contribution in [0.1, 0.15) is 18.1 Å². The molecule has 0 bridgehead atoms. The number of amides is 1. The number of carbonyl (C=O) groups is 1. The van der Waals surface area contributed by atoms with E-state index in [-0.39, 0.29) is 5.91 Å². The Balaban J connectivity index is 2.25. The summed E-state index contributed by atoms with van der Waals surface area (Å²) in [6.07, 6.45) is 2.59. The van der Waals surface area contributed by atoms with Crippen molar-refractivity contribution in [2.75, 3.05) is 6.54 Å². The molecule has 0 fully saturated rings. The third-order valence-electron chi connectivity index (χ3n) is 1.97. The fraction of sp³-hybridized carbons (Fsp3) is 0.500. The van der Waals surface area contributed by atoms with Gasteiger partial charge < -0.3 is 15.6 Å². The zero-order valence-electron chi connectivity index (χ0n) is 9.27. The summed E-state index contributed by atoms with van der Waals surface area (Å²) in [5, 5.41) is 6.33. The Morgan fingerprint density at radius 3 is 3.06 bits per heavy atom. The predicted molar refractivity (Wildman–Crippen MR) is 58.5 cm³/mol. The van der Waals surface area contributed by atoms with Crippen molar-refractivity contribution in [1.29, 1.82) is 0 Å². The minimum atomic E-state index is -0.540. The molecule has 0 aromatic carbocycles. The molecule has 1 rings (SSSR count). The molecule has 0 saturated heterocycles. The molecule has 1 unspecified atom stereocenters. The quantitative estimate of drug-likeness (QED) is 0.660. The van der Waals surface area contributed by atoms with Crippen molar-refractivity contribution < 1.29 is 9.32 Å². The highest BCUT2D eigenvalue weighted by atomic mass is 16.5. The summed E-state index contributed by atoms with van der Waals surface area (Å²) in [6.45, 7) is 5.70. The van der Waals surface area contributed by atoms with Gasteiger partial charge in [-0.25, -0.2) is 0 Å². The SMILES string of the molecule is C=CCC(N)C(=O)NCCc1nc(C)no1. The number of hydrogen-bond donors (Lipinski definition) is 2. The molecule has 0 saturated carbocycles. The van der Waals surface area contributed by atoms with E-state index in [1.807, 2.05) is 0 Å². The Hall–Kier alpha value is -1.69. The number of aryl methyl sites for hydroxylation is 1. The first kappa shape index (κ1) is 12.4. The lowest BCUT2D eigenvalue weighted by Gasteiger charge is -2.08. The molecule has 1 aromatic heterocycles. The highest BCUT2D eigenvalue weighted by Gasteiger charge is 2.11. The average Bonchev–Trinajstić information content (AvgIpc) is 2.64. The van der Waals surface area contributed by atoms with Crippen LogP contribution in [0.15, 0.2) is 17.2 Å². The Kier molecular flexibility index (Phi) is 4.65. The molecule has 1 heterocycles. The van der Waals surface area contributed by atoms with Gasteiger partial charge in [0.2, 0.25) is 11.8 Å². The Morgan fingerprint density at radius 1 is 1.75 bits per heavy atom. The van der Waals surface area contributed by atoms with E-state index in [0.717, 1.165) is 0 Å². The normalized spacial score (nSPS) is 12.1. The lowest BCUT2D eigenvalue weighted by molar-refractivity contribution is -0.122. The molecule has 1 amide bonds. The summed E-state index contributed by atoms with van der Waals surface area (Å²) in [5.41, 5.74) is 5.58. The average molecular weight is 224 g/mol. The Morgan fingerprint density at radius 2 is 2.50 bits per heavy atom. The van der Waals surface area contributed by atoms with Crippen molar-refractivity contribution >= 4 is 5.91 Å². The van der Waals surface area contributed by atoms with Crippen molar-refractivity contribution in [3.8, 4) is 0 Å². The van der Waals surface area contributed by atoms with Crippen molar-refractivity contribution in [3.63, 3.8) is 0 Å². The maximum absolute atomic E-state index is 11.4. The number of rotatable bonds is 6. The van der Waals surface area contributed by atoms with Crippen molar-refractivity contribution in [2.24, 2.45) is 5.73 Å². The van der Waals surface area contributed by atoms with Crippen LogP contribution in [0.2, 0.25) is 0 Å². The molecule has 6 nitrogen and oxygen atoms in total. The number of hydrogen-bond acceptors (Lipinski definition) is 5. The van der Waals surface area contributed by atoms with Crippen LogP contribution in [0.4, 0.5) is 0 Å². The minimum Gasteiger partial charge on any atom is -0.354 e. The standard InChI is InChI=1S/C10H16N4O2/c1-3-4-8(11)10(15)12-6-5-9-13-7(2)14-16-9/h3,8H,1,4-6,11H2,2H3,(H,12,15). The molecule has 16 heavy (non-hydrogen) atoms. The second-order valence-corrected chi connectivity index (χ2v) is 3.41. The molecule has 1 aromatic rings. The van der Waals surface area contributed by atoms with Crippen LogP contribution in [0.5, 0.6) is 0 Å². The van der Waals surface area contributed by atoms with Gasteiger partial charge in [-0.1, -0.05) is 11.2 Å². The van der Waals surface area contributed by atoms with Crippen molar-refractivity contribution in [3.05, 3.63) is 24.4 Å². The first-order valence-electron chi connectivity index (χ1n) is 5.07. The monoisotopic (exact) mass is 224 g/mol. The molecule has 88 valence electrons. The van der Waals surface area contributed by atoms with E-state index in [1.165, 1.54) is 0 Å². The molecular formula is C10H16N4O2.